The molecule has 4 heteroatoms. The number of benzene rings is 1. The number of para-hydroxylation sites is 1. The van der Waals surface area contributed by atoms with E-state index in [-0.39, 0.29) is 0 Å². The van der Waals surface area contributed by atoms with E-state index in [0.717, 1.165) is 24.3 Å². The van der Waals surface area contributed by atoms with Crippen LogP contribution in [-0.2, 0) is 6.42 Å². The Bertz CT molecular complexity index is 471. The second-order valence-corrected chi connectivity index (χ2v) is 4.46. The summed E-state index contributed by atoms with van der Waals surface area (Å²) in [5, 5.41) is 12.3. The molecule has 0 bridgehead atoms. The van der Waals surface area contributed by atoms with E-state index in [9.17, 15) is 0 Å². The highest BCUT2D eigenvalue weighted by Crippen LogP contribution is 2.11. The fraction of sp³-hybridized carbons (Fsp3) is 0.385. The Kier molecular flexibility index (Phi) is 2.88. The zero-order chi connectivity index (χ0) is 11.5. The average Bonchev–Trinajstić information content (AvgIpc) is 3.02. The Balaban J connectivity index is 1.74. The van der Waals surface area contributed by atoms with Gasteiger partial charge in [-0.25, -0.2) is 0 Å². The average molecular weight is 228 g/mol. The third kappa shape index (κ3) is 2.36. The molecule has 88 valence electrons. The van der Waals surface area contributed by atoms with Gasteiger partial charge < -0.3 is 5.32 Å². The minimum atomic E-state index is 0.580. The molecule has 4 nitrogen and oxygen atoms in total. The molecule has 0 radical (unpaired) electrons. The molecule has 2 heterocycles. The fourth-order valence-electron chi connectivity index (χ4n) is 2.26. The van der Waals surface area contributed by atoms with Gasteiger partial charge in [0.2, 0.25) is 0 Å². The van der Waals surface area contributed by atoms with Gasteiger partial charge in [0.1, 0.15) is 0 Å². The molecule has 1 unspecified atom stereocenters. The number of nitrogens with one attached hydrogen (secondary N) is 1. The van der Waals surface area contributed by atoms with Crippen molar-refractivity contribution in [1.82, 2.24) is 20.3 Å². The molecule has 1 atom stereocenters. The van der Waals surface area contributed by atoms with E-state index < -0.39 is 0 Å². The van der Waals surface area contributed by atoms with E-state index in [1.165, 1.54) is 12.8 Å². The maximum absolute atomic E-state index is 4.51. The first-order valence-corrected chi connectivity index (χ1v) is 6.12. The Labute approximate surface area is 101 Å². The molecule has 1 aromatic heterocycles. The summed E-state index contributed by atoms with van der Waals surface area (Å²) in [5.41, 5.74) is 2.08. The summed E-state index contributed by atoms with van der Waals surface area (Å²) in [6.45, 7) is 1.14. The number of hydrogen-bond acceptors (Lipinski definition) is 3. The Hall–Kier alpha value is -1.68. The van der Waals surface area contributed by atoms with Gasteiger partial charge >= 0.3 is 0 Å². The first kappa shape index (κ1) is 10.5. The highest BCUT2D eigenvalue weighted by molar-refractivity contribution is 5.28. The lowest BCUT2D eigenvalue weighted by Gasteiger charge is -2.06. The molecule has 3 rings (SSSR count). The SMILES string of the molecule is c1ccc(-n2ncc(CC3CCCN3)n2)cc1. The second-order valence-electron chi connectivity index (χ2n) is 4.46. The predicted octanol–water partition coefficient (Wildman–Crippen LogP) is 1.56. The number of hydrogen-bond donors (Lipinski definition) is 1. The molecule has 1 N–H and O–H groups in total. The molecule has 2 aromatic rings. The minimum Gasteiger partial charge on any atom is -0.314 e. The minimum absolute atomic E-state index is 0.580. The van der Waals surface area contributed by atoms with Gasteiger partial charge in [0.15, 0.2) is 0 Å². The smallest absolute Gasteiger partial charge is 0.0856 e. The molecule has 1 saturated heterocycles. The number of rotatable bonds is 3. The highest BCUT2D eigenvalue weighted by Gasteiger charge is 2.16. The van der Waals surface area contributed by atoms with Crippen molar-refractivity contribution in [2.75, 3.05) is 6.54 Å². The number of aromatic nitrogens is 3. The highest BCUT2D eigenvalue weighted by atomic mass is 15.5. The van der Waals surface area contributed by atoms with Gasteiger partial charge in [0, 0.05) is 12.5 Å². The van der Waals surface area contributed by atoms with E-state index in [0.29, 0.717) is 6.04 Å². The Morgan fingerprint density at radius 1 is 1.29 bits per heavy atom. The van der Waals surface area contributed by atoms with Crippen molar-refractivity contribution >= 4 is 0 Å². The van der Waals surface area contributed by atoms with E-state index in [4.69, 9.17) is 0 Å². The molecule has 17 heavy (non-hydrogen) atoms. The van der Waals surface area contributed by atoms with E-state index in [2.05, 4.69) is 15.5 Å². The van der Waals surface area contributed by atoms with Crippen LogP contribution in [0.5, 0.6) is 0 Å². The summed E-state index contributed by atoms with van der Waals surface area (Å²) in [6, 6.07) is 10.6. The monoisotopic (exact) mass is 228 g/mol. The van der Waals surface area contributed by atoms with Crippen molar-refractivity contribution < 1.29 is 0 Å². The normalized spacial score (nSPS) is 19.6. The first-order valence-electron chi connectivity index (χ1n) is 6.12. The zero-order valence-electron chi connectivity index (χ0n) is 9.71. The van der Waals surface area contributed by atoms with Gasteiger partial charge in [-0.05, 0) is 31.5 Å². The first-order chi connectivity index (χ1) is 8.42. The van der Waals surface area contributed by atoms with Crippen molar-refractivity contribution in [3.63, 3.8) is 0 Å². The summed E-state index contributed by atoms with van der Waals surface area (Å²) in [4.78, 5) is 1.70. The van der Waals surface area contributed by atoms with Crippen LogP contribution in [-0.4, -0.2) is 27.6 Å². The van der Waals surface area contributed by atoms with E-state index in [1.807, 2.05) is 36.5 Å². The van der Waals surface area contributed by atoms with Crippen molar-refractivity contribution in [2.24, 2.45) is 0 Å². The zero-order valence-corrected chi connectivity index (χ0v) is 9.71. The quantitative estimate of drug-likeness (QED) is 0.867. The molecule has 1 aliphatic heterocycles. The lowest BCUT2D eigenvalue weighted by Crippen LogP contribution is -2.23. The van der Waals surface area contributed by atoms with Gasteiger partial charge in [-0.2, -0.15) is 15.0 Å². The van der Waals surface area contributed by atoms with Crippen molar-refractivity contribution in [2.45, 2.75) is 25.3 Å². The molecule has 1 aromatic carbocycles. The van der Waals surface area contributed by atoms with Crippen LogP contribution in [0.2, 0.25) is 0 Å². The van der Waals surface area contributed by atoms with Crippen LogP contribution in [0.15, 0.2) is 36.5 Å². The molecule has 1 aliphatic rings. The van der Waals surface area contributed by atoms with Crippen LogP contribution in [0.4, 0.5) is 0 Å². The maximum atomic E-state index is 4.51. The molecule has 1 fully saturated rings. The molecule has 0 spiro atoms. The summed E-state index contributed by atoms with van der Waals surface area (Å²) >= 11 is 0. The lowest BCUT2D eigenvalue weighted by molar-refractivity contribution is 0.590. The van der Waals surface area contributed by atoms with E-state index in [1.54, 1.807) is 4.80 Å². The van der Waals surface area contributed by atoms with Crippen LogP contribution >= 0.6 is 0 Å². The largest absolute Gasteiger partial charge is 0.314 e. The lowest BCUT2D eigenvalue weighted by atomic mass is 10.1. The molecular weight excluding hydrogens is 212 g/mol. The standard InChI is InChI=1S/C13H16N4/c1-2-6-13(7-3-1)17-15-10-12(16-17)9-11-5-4-8-14-11/h1-3,6-7,10-11,14H,4-5,8-9H2. The summed E-state index contributed by atoms with van der Waals surface area (Å²) in [5.74, 6) is 0. The van der Waals surface area contributed by atoms with Crippen LogP contribution in [0.3, 0.4) is 0 Å². The molecule has 0 saturated carbocycles. The van der Waals surface area contributed by atoms with Crippen LogP contribution in [0.25, 0.3) is 5.69 Å². The second kappa shape index (κ2) is 4.67. The van der Waals surface area contributed by atoms with Gasteiger partial charge in [0.05, 0.1) is 17.6 Å². The topological polar surface area (TPSA) is 42.7 Å². The van der Waals surface area contributed by atoms with Crippen LogP contribution in [0.1, 0.15) is 18.5 Å². The fourth-order valence-corrected chi connectivity index (χ4v) is 2.26. The third-order valence-corrected chi connectivity index (χ3v) is 3.14. The van der Waals surface area contributed by atoms with Crippen LogP contribution in [0, 0.1) is 0 Å². The van der Waals surface area contributed by atoms with Crippen molar-refractivity contribution in [3.8, 4) is 5.69 Å². The van der Waals surface area contributed by atoms with Crippen molar-refractivity contribution in [3.05, 3.63) is 42.2 Å². The van der Waals surface area contributed by atoms with Crippen LogP contribution < -0.4 is 5.32 Å². The summed E-state index contributed by atoms with van der Waals surface area (Å²) < 4.78 is 0. The molecule has 0 amide bonds. The summed E-state index contributed by atoms with van der Waals surface area (Å²) in [7, 11) is 0. The number of nitrogens with zero attached hydrogens (tertiary/aromatic N) is 3. The third-order valence-electron chi connectivity index (χ3n) is 3.14. The van der Waals surface area contributed by atoms with Gasteiger partial charge in [-0.3, -0.25) is 0 Å². The van der Waals surface area contributed by atoms with Gasteiger partial charge in [-0.15, -0.1) is 0 Å². The molecule has 0 aliphatic carbocycles. The van der Waals surface area contributed by atoms with E-state index >= 15 is 0 Å². The Morgan fingerprint density at radius 3 is 2.94 bits per heavy atom. The summed E-state index contributed by atoms with van der Waals surface area (Å²) in [6.07, 6.45) is 5.37. The van der Waals surface area contributed by atoms with Gasteiger partial charge in [0.25, 0.3) is 0 Å². The van der Waals surface area contributed by atoms with Gasteiger partial charge in [-0.1, -0.05) is 18.2 Å². The van der Waals surface area contributed by atoms with Crippen molar-refractivity contribution in [1.29, 1.82) is 0 Å². The Morgan fingerprint density at radius 2 is 2.18 bits per heavy atom. The predicted molar refractivity (Wildman–Crippen MR) is 66.1 cm³/mol. The maximum Gasteiger partial charge on any atom is 0.0856 e. The molecular formula is C13H16N4.